The molecule has 5 aliphatic rings. The van der Waals surface area contributed by atoms with Crippen LogP contribution in [0.5, 0.6) is 0 Å². The summed E-state index contributed by atoms with van der Waals surface area (Å²) in [6.45, 7) is 16.1. The Morgan fingerprint density at radius 3 is 1.76 bits per heavy atom. The Labute approximate surface area is 294 Å². The highest BCUT2D eigenvalue weighted by molar-refractivity contribution is 6.08. The average molecular weight is 663 g/mol. The van der Waals surface area contributed by atoms with Gasteiger partial charge in [-0.3, -0.25) is 4.79 Å². The Balaban J connectivity index is 0.000000161. The first-order valence-corrected chi connectivity index (χ1v) is 17.7. The molecule has 5 nitrogen and oxygen atoms in total. The number of carbonyl (C=O) groups excluding carboxylic acids is 3. The zero-order valence-electron chi connectivity index (χ0n) is 30.4. The molecule has 5 heteroatoms. The van der Waals surface area contributed by atoms with Crippen LogP contribution < -0.4 is 0 Å². The fraction of sp³-hybridized carbons (Fsp3) is 0.386. The maximum Gasteiger partial charge on any atom is 0.341 e. The summed E-state index contributed by atoms with van der Waals surface area (Å²) in [5, 5.41) is 0. The number of hydrogen-bond donors (Lipinski definition) is 0. The first-order valence-electron chi connectivity index (χ1n) is 17.7. The Kier molecular flexibility index (Phi) is 16.1. The number of fused-ring (bicyclic) bond motifs is 3. The summed E-state index contributed by atoms with van der Waals surface area (Å²) in [5.41, 5.74) is 14.4. The van der Waals surface area contributed by atoms with E-state index >= 15 is 0 Å². The van der Waals surface area contributed by atoms with Gasteiger partial charge in [0.25, 0.3) is 0 Å². The fourth-order valence-corrected chi connectivity index (χ4v) is 5.56. The molecule has 1 atom stereocenters. The SMILES string of the molecule is C=C/C=C/C(C)=O.CC1=CC(=O)OC1=O.CC1CCO1.CCc1ccc2c(c1)CC2.CCc1cccc2c1CC2.Cc1cccc2c1CC2. The second-order valence-corrected chi connectivity index (χ2v) is 12.8. The summed E-state index contributed by atoms with van der Waals surface area (Å²) >= 11 is 0. The number of ether oxygens (including phenoxy) is 2. The Bertz CT molecular complexity index is 1640. The number of hydrogen-bond acceptors (Lipinski definition) is 5. The van der Waals surface area contributed by atoms with Crippen molar-refractivity contribution in [2.45, 2.75) is 105 Å². The lowest BCUT2D eigenvalue weighted by Gasteiger charge is -2.21. The van der Waals surface area contributed by atoms with Crippen LogP contribution in [-0.2, 0) is 75.2 Å². The van der Waals surface area contributed by atoms with Crippen molar-refractivity contribution in [3.63, 3.8) is 0 Å². The molecule has 3 aliphatic carbocycles. The summed E-state index contributed by atoms with van der Waals surface area (Å²) in [5.74, 6) is -1.04. The molecule has 3 aromatic carbocycles. The van der Waals surface area contributed by atoms with Crippen molar-refractivity contribution in [2.24, 2.45) is 0 Å². The van der Waals surface area contributed by atoms with E-state index in [0.29, 0.717) is 11.7 Å². The predicted octanol–water partition coefficient (Wildman–Crippen LogP) is 8.92. The zero-order valence-corrected chi connectivity index (χ0v) is 30.4. The van der Waals surface area contributed by atoms with Crippen molar-refractivity contribution in [1.82, 2.24) is 0 Å². The summed E-state index contributed by atoms with van der Waals surface area (Å²) in [4.78, 5) is 30.5. The van der Waals surface area contributed by atoms with Gasteiger partial charge >= 0.3 is 11.9 Å². The molecule has 8 rings (SSSR count). The highest BCUT2D eigenvalue weighted by Crippen LogP contribution is 2.27. The molecule has 2 heterocycles. The van der Waals surface area contributed by atoms with E-state index in [4.69, 9.17) is 4.74 Å². The van der Waals surface area contributed by atoms with Crippen LogP contribution in [0.25, 0.3) is 0 Å². The lowest BCUT2D eigenvalue weighted by atomic mass is 9.84. The molecule has 1 saturated heterocycles. The van der Waals surface area contributed by atoms with Gasteiger partial charge in [0.15, 0.2) is 5.78 Å². The summed E-state index contributed by atoms with van der Waals surface area (Å²) in [6, 6.07) is 20.1. The minimum atomic E-state index is -0.562. The Hall–Kier alpha value is -4.35. The molecular formula is C44H54O5. The molecule has 0 saturated carbocycles. The normalized spacial score (nSPS) is 16.4. The molecule has 0 bridgehead atoms. The third-order valence-corrected chi connectivity index (χ3v) is 9.13. The summed E-state index contributed by atoms with van der Waals surface area (Å²) in [6.07, 6.45) is 17.9. The fourth-order valence-electron chi connectivity index (χ4n) is 5.56. The predicted molar refractivity (Wildman–Crippen MR) is 200 cm³/mol. The van der Waals surface area contributed by atoms with Crippen LogP contribution in [0.15, 0.2) is 91.1 Å². The monoisotopic (exact) mass is 662 g/mol. The molecule has 2 aliphatic heterocycles. The van der Waals surface area contributed by atoms with Crippen molar-refractivity contribution in [3.8, 4) is 0 Å². The molecular weight excluding hydrogens is 608 g/mol. The second kappa shape index (κ2) is 20.2. The molecule has 0 radical (unpaired) electrons. The zero-order chi connectivity index (χ0) is 35.8. The summed E-state index contributed by atoms with van der Waals surface area (Å²) < 4.78 is 9.03. The molecule has 1 unspecified atom stereocenters. The van der Waals surface area contributed by atoms with Crippen LogP contribution in [0.3, 0.4) is 0 Å². The molecule has 0 spiro atoms. The molecule has 0 N–H and O–H groups in total. The number of ketones is 1. The van der Waals surface area contributed by atoms with Gasteiger partial charge in [0.1, 0.15) is 0 Å². The van der Waals surface area contributed by atoms with Crippen LogP contribution in [0.4, 0.5) is 0 Å². The van der Waals surface area contributed by atoms with Crippen molar-refractivity contribution in [2.75, 3.05) is 6.61 Å². The van der Waals surface area contributed by atoms with Gasteiger partial charge in [0.2, 0.25) is 0 Å². The van der Waals surface area contributed by atoms with E-state index in [1.165, 1.54) is 94.9 Å². The number of benzene rings is 3. The third-order valence-electron chi connectivity index (χ3n) is 9.13. The first kappa shape index (κ1) is 39.1. The first-order chi connectivity index (χ1) is 23.6. The van der Waals surface area contributed by atoms with Gasteiger partial charge < -0.3 is 9.47 Å². The van der Waals surface area contributed by atoms with Gasteiger partial charge in [-0.25, -0.2) is 9.59 Å². The van der Waals surface area contributed by atoms with Crippen molar-refractivity contribution >= 4 is 17.7 Å². The molecule has 0 amide bonds. The number of allylic oxidation sites excluding steroid dienone is 3. The van der Waals surface area contributed by atoms with Crippen molar-refractivity contribution < 1.29 is 23.9 Å². The maximum absolute atomic E-state index is 10.3. The van der Waals surface area contributed by atoms with Crippen molar-refractivity contribution in [3.05, 3.63) is 141 Å². The molecule has 3 aromatic rings. The van der Waals surface area contributed by atoms with E-state index < -0.39 is 11.9 Å². The highest BCUT2D eigenvalue weighted by Gasteiger charge is 2.18. The number of esters is 2. The van der Waals surface area contributed by atoms with E-state index in [2.05, 4.69) is 93.6 Å². The number of carbonyl (C=O) groups is 3. The maximum atomic E-state index is 10.3. The van der Waals surface area contributed by atoms with Gasteiger partial charge in [0, 0.05) is 18.3 Å². The minimum absolute atomic E-state index is 0.0555. The Morgan fingerprint density at radius 2 is 1.45 bits per heavy atom. The molecule has 49 heavy (non-hydrogen) atoms. The van der Waals surface area contributed by atoms with E-state index in [0.717, 1.165) is 6.61 Å². The largest absolute Gasteiger partial charge is 0.386 e. The molecule has 260 valence electrons. The standard InChI is InChI=1S/2C10H12.C9H10.C6H8O.C5H4O3.C4H8O/c1-2-8-3-4-9-5-6-10(9)7-8;1-2-8-4-3-5-9-6-7-10(8)9;1-7-3-2-4-8-5-6-9(7)8;1-3-4-5-6(2)7;1-3-2-4(6)8-5(3)7;1-4-2-3-5-4/h3-4,7H,2,5-6H2,1H3;3-5H,2,6-7H2,1H3;2-4H,5-6H2,1H3;3-5H,1H2,2H3;2H,1H3;4H,2-3H2,1H3/b;;;5-4+;;. The van der Waals surface area contributed by atoms with Crippen molar-refractivity contribution in [1.29, 1.82) is 0 Å². The van der Waals surface area contributed by atoms with Crippen LogP contribution in [0.1, 0.15) is 91.1 Å². The van der Waals surface area contributed by atoms with Crippen LogP contribution in [-0.4, -0.2) is 30.4 Å². The quantitative estimate of drug-likeness (QED) is 0.121. The number of rotatable bonds is 4. The van der Waals surface area contributed by atoms with E-state index in [-0.39, 0.29) is 5.78 Å². The van der Waals surface area contributed by atoms with Crippen LogP contribution in [0, 0.1) is 6.92 Å². The van der Waals surface area contributed by atoms with Gasteiger partial charge in [0.05, 0.1) is 6.10 Å². The molecule has 0 aromatic heterocycles. The van der Waals surface area contributed by atoms with E-state index in [1.807, 2.05) is 0 Å². The molecule has 1 fully saturated rings. The third kappa shape index (κ3) is 12.6. The average Bonchev–Trinajstić information content (AvgIpc) is 3.32. The van der Waals surface area contributed by atoms with Gasteiger partial charge in [-0.15, -0.1) is 0 Å². The van der Waals surface area contributed by atoms with Crippen LogP contribution in [0.2, 0.25) is 0 Å². The lowest BCUT2D eigenvalue weighted by molar-refractivity contribution is -0.150. The lowest BCUT2D eigenvalue weighted by Crippen LogP contribution is -2.22. The second-order valence-electron chi connectivity index (χ2n) is 12.8. The summed E-state index contributed by atoms with van der Waals surface area (Å²) in [7, 11) is 0. The number of aryl methyl sites for hydroxylation is 7. The smallest absolute Gasteiger partial charge is 0.341 e. The van der Waals surface area contributed by atoms with Gasteiger partial charge in [-0.1, -0.05) is 87.2 Å². The van der Waals surface area contributed by atoms with Crippen LogP contribution >= 0.6 is 0 Å². The van der Waals surface area contributed by atoms with E-state index in [9.17, 15) is 14.4 Å². The number of cyclic esters (lactones) is 2. The Morgan fingerprint density at radius 1 is 0.837 bits per heavy atom. The van der Waals surface area contributed by atoms with Gasteiger partial charge in [-0.2, -0.15) is 0 Å². The topological polar surface area (TPSA) is 69.7 Å². The minimum Gasteiger partial charge on any atom is -0.386 e. The van der Waals surface area contributed by atoms with Gasteiger partial charge in [-0.05, 0) is 142 Å². The highest BCUT2D eigenvalue weighted by atomic mass is 16.6. The van der Waals surface area contributed by atoms with E-state index in [1.54, 1.807) is 51.1 Å².